The summed E-state index contributed by atoms with van der Waals surface area (Å²) in [5.74, 6) is 1.01. The summed E-state index contributed by atoms with van der Waals surface area (Å²) in [5, 5.41) is 8.37. The summed E-state index contributed by atoms with van der Waals surface area (Å²) in [4.78, 5) is 21.0. The van der Waals surface area contributed by atoms with Crippen LogP contribution in [0.25, 0.3) is 5.69 Å². The third-order valence-electron chi connectivity index (χ3n) is 5.20. The first kappa shape index (κ1) is 19.6. The zero-order valence-corrected chi connectivity index (χ0v) is 17.7. The Balaban J connectivity index is 1.47. The van der Waals surface area contributed by atoms with Gasteiger partial charge in [0.1, 0.15) is 10.4 Å². The summed E-state index contributed by atoms with van der Waals surface area (Å²) in [7, 11) is 0. The Morgan fingerprint density at radius 1 is 1.17 bits per heavy atom. The molecule has 2 unspecified atom stereocenters. The lowest BCUT2D eigenvalue weighted by Crippen LogP contribution is -2.47. The zero-order valence-electron chi connectivity index (χ0n) is 16.1. The Hall–Kier alpha value is -2.74. The number of hydrogen-bond acceptors (Lipinski definition) is 5. The molecule has 0 saturated carbocycles. The van der Waals surface area contributed by atoms with Gasteiger partial charge in [0.2, 0.25) is 0 Å². The van der Waals surface area contributed by atoms with Gasteiger partial charge in [-0.15, -0.1) is 0 Å². The fraction of sp³-hybridized carbons (Fsp3) is 0.333. The number of carbonyl (C=O) groups is 1. The molecule has 0 spiro atoms. The molecule has 0 aliphatic carbocycles. The minimum Gasteiger partial charge on any atom is -0.492 e. The molecular formula is C21H22BrN5O2. The molecule has 1 amide bonds. The van der Waals surface area contributed by atoms with Crippen LogP contribution in [0.1, 0.15) is 30.1 Å². The minimum absolute atomic E-state index is 0.000378. The number of ether oxygens (including phenoxy) is 1. The SMILES string of the molecule is CC1CCC(COc2ccc(Br)nc2)CN1C(=O)c1ccccc1-n1nccn1. The van der Waals surface area contributed by atoms with Gasteiger partial charge in [0, 0.05) is 18.5 Å². The third-order valence-corrected chi connectivity index (χ3v) is 5.66. The average Bonchev–Trinajstić information content (AvgIpc) is 3.28. The summed E-state index contributed by atoms with van der Waals surface area (Å²) >= 11 is 3.32. The van der Waals surface area contributed by atoms with Crippen LogP contribution in [0.3, 0.4) is 0 Å². The smallest absolute Gasteiger partial charge is 0.256 e. The number of nitrogens with zero attached hydrogens (tertiary/aromatic N) is 5. The highest BCUT2D eigenvalue weighted by Gasteiger charge is 2.31. The topological polar surface area (TPSA) is 73.1 Å². The van der Waals surface area contributed by atoms with Gasteiger partial charge in [0.15, 0.2) is 0 Å². The summed E-state index contributed by atoms with van der Waals surface area (Å²) in [6.07, 6.45) is 6.88. The highest BCUT2D eigenvalue weighted by atomic mass is 79.9. The highest BCUT2D eigenvalue weighted by Crippen LogP contribution is 2.26. The van der Waals surface area contributed by atoms with Gasteiger partial charge in [-0.3, -0.25) is 4.79 Å². The molecule has 1 aromatic carbocycles. The molecule has 3 heterocycles. The number of piperidine rings is 1. The first-order chi connectivity index (χ1) is 14.1. The van der Waals surface area contributed by atoms with Crippen molar-refractivity contribution in [3.05, 3.63) is 65.2 Å². The van der Waals surface area contributed by atoms with Crippen molar-refractivity contribution in [2.75, 3.05) is 13.2 Å². The standard InChI is InChI=1S/C21H22BrN5O2/c1-15-6-7-16(14-29-17-8-9-20(22)23-12-17)13-26(15)21(28)18-4-2-3-5-19(18)27-24-10-11-25-27/h2-5,8-12,15-16H,6-7,13-14H2,1H3. The molecule has 1 aliphatic rings. The molecule has 2 aromatic heterocycles. The molecule has 2 atom stereocenters. The molecule has 0 N–H and O–H groups in total. The van der Waals surface area contributed by atoms with E-state index in [9.17, 15) is 4.79 Å². The lowest BCUT2D eigenvalue weighted by atomic mass is 9.93. The molecule has 1 fully saturated rings. The van der Waals surface area contributed by atoms with Crippen LogP contribution in [-0.2, 0) is 0 Å². The van der Waals surface area contributed by atoms with Crippen LogP contribution in [0.15, 0.2) is 59.6 Å². The molecule has 0 bridgehead atoms. The van der Waals surface area contributed by atoms with Crippen LogP contribution in [0.4, 0.5) is 0 Å². The summed E-state index contributed by atoms with van der Waals surface area (Å²) < 4.78 is 6.68. The third kappa shape index (κ3) is 4.48. The Kier molecular flexibility index (Phi) is 5.89. The number of likely N-dealkylation sites (tertiary alicyclic amines) is 1. The van der Waals surface area contributed by atoms with Crippen molar-refractivity contribution in [3.8, 4) is 11.4 Å². The van der Waals surface area contributed by atoms with Crippen molar-refractivity contribution in [1.82, 2.24) is 24.9 Å². The number of amides is 1. The average molecular weight is 456 g/mol. The van der Waals surface area contributed by atoms with Gasteiger partial charge in [-0.25, -0.2) is 4.98 Å². The maximum Gasteiger partial charge on any atom is 0.256 e. The van der Waals surface area contributed by atoms with E-state index in [1.54, 1.807) is 18.6 Å². The van der Waals surface area contributed by atoms with Gasteiger partial charge in [-0.05, 0) is 60.0 Å². The molecule has 1 saturated heterocycles. The largest absolute Gasteiger partial charge is 0.492 e. The first-order valence-electron chi connectivity index (χ1n) is 9.63. The Labute approximate surface area is 177 Å². The molecule has 3 aromatic rings. The molecule has 0 radical (unpaired) electrons. The zero-order chi connectivity index (χ0) is 20.2. The van der Waals surface area contributed by atoms with E-state index in [0.29, 0.717) is 24.4 Å². The van der Waals surface area contributed by atoms with E-state index in [4.69, 9.17) is 4.74 Å². The maximum atomic E-state index is 13.4. The number of hydrogen-bond donors (Lipinski definition) is 0. The van der Waals surface area contributed by atoms with E-state index < -0.39 is 0 Å². The van der Waals surface area contributed by atoms with Gasteiger partial charge >= 0.3 is 0 Å². The van der Waals surface area contributed by atoms with Gasteiger partial charge in [-0.2, -0.15) is 15.0 Å². The molecule has 8 heteroatoms. The predicted molar refractivity (Wildman–Crippen MR) is 112 cm³/mol. The highest BCUT2D eigenvalue weighted by molar-refractivity contribution is 9.10. The van der Waals surface area contributed by atoms with E-state index in [2.05, 4.69) is 38.0 Å². The summed E-state index contributed by atoms with van der Waals surface area (Å²) in [5.41, 5.74) is 1.29. The molecule has 29 heavy (non-hydrogen) atoms. The maximum absolute atomic E-state index is 13.4. The number of carbonyl (C=O) groups excluding carboxylic acids is 1. The lowest BCUT2D eigenvalue weighted by molar-refractivity contribution is 0.0505. The summed E-state index contributed by atoms with van der Waals surface area (Å²) in [6.45, 7) is 3.31. The second kappa shape index (κ2) is 8.73. The fourth-order valence-electron chi connectivity index (χ4n) is 3.59. The van der Waals surface area contributed by atoms with Crippen LogP contribution in [0.5, 0.6) is 5.75 Å². The van der Waals surface area contributed by atoms with Crippen molar-refractivity contribution in [2.24, 2.45) is 5.92 Å². The number of pyridine rings is 1. The normalized spacial score (nSPS) is 19.2. The second-order valence-corrected chi connectivity index (χ2v) is 8.03. The van der Waals surface area contributed by atoms with Crippen molar-refractivity contribution in [2.45, 2.75) is 25.8 Å². The van der Waals surface area contributed by atoms with Crippen LogP contribution >= 0.6 is 15.9 Å². The number of rotatable bonds is 5. The van der Waals surface area contributed by atoms with Crippen LogP contribution in [0.2, 0.25) is 0 Å². The van der Waals surface area contributed by atoms with Gasteiger partial charge in [0.05, 0.1) is 36.4 Å². The minimum atomic E-state index is 0.000378. The summed E-state index contributed by atoms with van der Waals surface area (Å²) in [6, 6.07) is 11.4. The van der Waals surface area contributed by atoms with E-state index in [1.807, 2.05) is 41.3 Å². The van der Waals surface area contributed by atoms with Crippen molar-refractivity contribution < 1.29 is 9.53 Å². The number of benzene rings is 1. The van der Waals surface area contributed by atoms with Crippen molar-refractivity contribution in [1.29, 1.82) is 0 Å². The quantitative estimate of drug-likeness (QED) is 0.547. The van der Waals surface area contributed by atoms with E-state index in [0.717, 1.165) is 23.2 Å². The lowest BCUT2D eigenvalue weighted by Gasteiger charge is -2.38. The molecule has 150 valence electrons. The molecule has 1 aliphatic heterocycles. The van der Waals surface area contributed by atoms with Crippen LogP contribution in [0, 0.1) is 5.92 Å². The van der Waals surface area contributed by atoms with Gasteiger partial charge in [-0.1, -0.05) is 12.1 Å². The number of halogens is 1. The van der Waals surface area contributed by atoms with Crippen LogP contribution in [-0.4, -0.2) is 50.0 Å². The molecule has 4 rings (SSSR count). The van der Waals surface area contributed by atoms with Gasteiger partial charge < -0.3 is 9.64 Å². The second-order valence-electron chi connectivity index (χ2n) is 7.21. The number of para-hydroxylation sites is 1. The van der Waals surface area contributed by atoms with E-state index in [-0.39, 0.29) is 17.9 Å². The van der Waals surface area contributed by atoms with Crippen LogP contribution < -0.4 is 4.74 Å². The molecular weight excluding hydrogens is 434 g/mol. The van der Waals surface area contributed by atoms with Gasteiger partial charge in [0.25, 0.3) is 5.91 Å². The van der Waals surface area contributed by atoms with E-state index in [1.165, 1.54) is 4.80 Å². The Morgan fingerprint density at radius 3 is 2.72 bits per heavy atom. The fourth-order valence-corrected chi connectivity index (χ4v) is 3.82. The Morgan fingerprint density at radius 2 is 1.97 bits per heavy atom. The molecule has 7 nitrogen and oxygen atoms in total. The van der Waals surface area contributed by atoms with E-state index >= 15 is 0 Å². The monoisotopic (exact) mass is 455 g/mol. The van der Waals surface area contributed by atoms with Crippen molar-refractivity contribution in [3.63, 3.8) is 0 Å². The Bertz CT molecular complexity index is 961. The predicted octanol–water partition coefficient (Wildman–Crippen LogP) is 3.74. The number of aromatic nitrogens is 4. The first-order valence-corrected chi connectivity index (χ1v) is 10.4. The van der Waals surface area contributed by atoms with Crippen molar-refractivity contribution >= 4 is 21.8 Å².